The first-order valence-corrected chi connectivity index (χ1v) is 4.86. The van der Waals surface area contributed by atoms with Crippen LogP contribution in [0, 0.1) is 11.3 Å². The fourth-order valence-electron chi connectivity index (χ4n) is 0.916. The summed E-state index contributed by atoms with van der Waals surface area (Å²) in [5.74, 6) is -0.107. The molecule has 6 heteroatoms. The summed E-state index contributed by atoms with van der Waals surface area (Å²) >= 11 is 8.44. The molecule has 74 valence electrons. The van der Waals surface area contributed by atoms with Gasteiger partial charge < -0.3 is 0 Å². The number of nitriles is 1. The van der Waals surface area contributed by atoms with Crippen molar-refractivity contribution in [2.75, 3.05) is 0 Å². The van der Waals surface area contributed by atoms with Crippen molar-refractivity contribution in [1.82, 2.24) is 4.98 Å². The second-order valence-electron chi connectivity index (χ2n) is 2.41. The van der Waals surface area contributed by atoms with Gasteiger partial charge in [-0.2, -0.15) is 5.26 Å². The minimum absolute atomic E-state index is 0.0779. The number of halogens is 4. The molecule has 0 N–H and O–H groups in total. The molecule has 1 aromatic rings. The van der Waals surface area contributed by atoms with E-state index in [0.717, 1.165) is 6.07 Å². The SMILES string of the molecule is N#Cc1cc(C(F)F)c(CCl)nc1Br. The minimum Gasteiger partial charge on any atom is -0.243 e. The Hall–Kier alpha value is -0.730. The Bertz CT molecular complexity index is 390. The zero-order valence-electron chi connectivity index (χ0n) is 6.77. The van der Waals surface area contributed by atoms with Crippen LogP contribution < -0.4 is 0 Å². The molecule has 2 nitrogen and oxygen atoms in total. The van der Waals surface area contributed by atoms with Gasteiger partial charge in [0.25, 0.3) is 6.43 Å². The first-order valence-electron chi connectivity index (χ1n) is 3.53. The highest BCUT2D eigenvalue weighted by molar-refractivity contribution is 9.10. The summed E-state index contributed by atoms with van der Waals surface area (Å²) in [5, 5.41) is 8.59. The third-order valence-electron chi connectivity index (χ3n) is 1.57. The lowest BCUT2D eigenvalue weighted by atomic mass is 10.1. The van der Waals surface area contributed by atoms with Crippen LogP contribution in [0.5, 0.6) is 0 Å². The molecule has 0 radical (unpaired) electrons. The van der Waals surface area contributed by atoms with E-state index < -0.39 is 6.43 Å². The topological polar surface area (TPSA) is 36.7 Å². The molecule has 0 fully saturated rings. The van der Waals surface area contributed by atoms with E-state index in [4.69, 9.17) is 16.9 Å². The Morgan fingerprint density at radius 2 is 2.29 bits per heavy atom. The first kappa shape index (κ1) is 11.3. The molecule has 0 atom stereocenters. The first-order chi connectivity index (χ1) is 6.60. The minimum atomic E-state index is -2.67. The molecule has 0 aliphatic carbocycles. The van der Waals surface area contributed by atoms with Crippen LogP contribution in [-0.4, -0.2) is 4.98 Å². The Balaban J connectivity index is 3.34. The highest BCUT2D eigenvalue weighted by atomic mass is 79.9. The maximum absolute atomic E-state index is 12.4. The predicted molar refractivity (Wildman–Crippen MR) is 51.2 cm³/mol. The second kappa shape index (κ2) is 4.67. The molecule has 0 aliphatic heterocycles. The lowest BCUT2D eigenvalue weighted by Gasteiger charge is -2.06. The second-order valence-corrected chi connectivity index (χ2v) is 3.43. The van der Waals surface area contributed by atoms with E-state index in [1.165, 1.54) is 0 Å². The summed E-state index contributed by atoms with van der Waals surface area (Å²) < 4.78 is 25.1. The number of pyridine rings is 1. The van der Waals surface area contributed by atoms with Crippen molar-refractivity contribution in [2.24, 2.45) is 0 Å². The van der Waals surface area contributed by atoms with Crippen LogP contribution in [0.3, 0.4) is 0 Å². The summed E-state index contributed by atoms with van der Waals surface area (Å²) in [7, 11) is 0. The van der Waals surface area contributed by atoms with Gasteiger partial charge in [0.1, 0.15) is 10.7 Å². The van der Waals surface area contributed by atoms with E-state index in [2.05, 4.69) is 20.9 Å². The van der Waals surface area contributed by atoms with Crippen LogP contribution in [0.1, 0.15) is 23.2 Å². The summed E-state index contributed by atoms with van der Waals surface area (Å²) in [6.45, 7) is 0. The number of hydrogen-bond acceptors (Lipinski definition) is 2. The molecule has 1 heterocycles. The maximum atomic E-state index is 12.4. The molecule has 1 rings (SSSR count). The smallest absolute Gasteiger partial charge is 0.243 e. The quantitative estimate of drug-likeness (QED) is 0.615. The largest absolute Gasteiger partial charge is 0.265 e. The molecule has 0 bridgehead atoms. The van der Waals surface area contributed by atoms with Crippen molar-refractivity contribution in [3.05, 3.63) is 27.5 Å². The normalized spacial score (nSPS) is 10.3. The van der Waals surface area contributed by atoms with Gasteiger partial charge in [0.2, 0.25) is 0 Å². The van der Waals surface area contributed by atoms with E-state index in [1.54, 1.807) is 6.07 Å². The van der Waals surface area contributed by atoms with Gasteiger partial charge in [0.05, 0.1) is 17.1 Å². The molecule has 0 saturated carbocycles. The summed E-state index contributed by atoms with van der Waals surface area (Å²) in [6, 6.07) is 2.85. The van der Waals surface area contributed by atoms with Crippen LogP contribution in [-0.2, 0) is 5.88 Å². The molecule has 0 spiro atoms. The van der Waals surface area contributed by atoms with Gasteiger partial charge in [-0.1, -0.05) is 0 Å². The van der Waals surface area contributed by atoms with Crippen LogP contribution >= 0.6 is 27.5 Å². The Morgan fingerprint density at radius 3 is 2.71 bits per heavy atom. The van der Waals surface area contributed by atoms with E-state index in [-0.39, 0.29) is 27.3 Å². The summed E-state index contributed by atoms with van der Waals surface area (Å²) in [5.41, 5.74) is -0.124. The van der Waals surface area contributed by atoms with Crippen molar-refractivity contribution in [1.29, 1.82) is 5.26 Å². The Kier molecular flexibility index (Phi) is 3.78. The third-order valence-corrected chi connectivity index (χ3v) is 2.43. The van der Waals surface area contributed by atoms with Crippen LogP contribution in [0.15, 0.2) is 10.7 Å². The molecule has 0 aliphatic rings. The Morgan fingerprint density at radius 1 is 1.64 bits per heavy atom. The van der Waals surface area contributed by atoms with Gasteiger partial charge in [0, 0.05) is 5.56 Å². The fourth-order valence-corrected chi connectivity index (χ4v) is 1.55. The van der Waals surface area contributed by atoms with Crippen LogP contribution in [0.25, 0.3) is 0 Å². The van der Waals surface area contributed by atoms with E-state index >= 15 is 0 Å². The zero-order valence-corrected chi connectivity index (χ0v) is 9.11. The lowest BCUT2D eigenvalue weighted by molar-refractivity contribution is 0.150. The highest BCUT2D eigenvalue weighted by Gasteiger charge is 2.16. The fraction of sp³-hybridized carbons (Fsp3) is 0.250. The van der Waals surface area contributed by atoms with Gasteiger partial charge in [-0.3, -0.25) is 0 Å². The van der Waals surface area contributed by atoms with Gasteiger partial charge in [0.15, 0.2) is 0 Å². The van der Waals surface area contributed by atoms with Crippen LogP contribution in [0.2, 0.25) is 0 Å². The average molecular weight is 281 g/mol. The third kappa shape index (κ3) is 2.20. The molecule has 0 saturated heterocycles. The van der Waals surface area contributed by atoms with Crippen LogP contribution in [0.4, 0.5) is 8.78 Å². The van der Waals surface area contributed by atoms with Crippen molar-refractivity contribution in [3.63, 3.8) is 0 Å². The van der Waals surface area contributed by atoms with Gasteiger partial charge in [-0.05, 0) is 22.0 Å². The standard InChI is InChI=1S/C8H4BrClF2N2/c9-7-4(3-13)1-5(8(11)12)6(2-10)14-7/h1,8H,2H2. The highest BCUT2D eigenvalue weighted by Crippen LogP contribution is 2.26. The van der Waals surface area contributed by atoms with Gasteiger partial charge in [-0.25, -0.2) is 13.8 Å². The number of hydrogen-bond donors (Lipinski definition) is 0. The monoisotopic (exact) mass is 280 g/mol. The molecule has 0 unspecified atom stereocenters. The molecular formula is C8H4BrClF2N2. The van der Waals surface area contributed by atoms with Crippen molar-refractivity contribution in [2.45, 2.75) is 12.3 Å². The number of rotatable bonds is 2. The molecule has 0 amide bonds. The summed E-state index contributed by atoms with van der Waals surface area (Å²) in [4.78, 5) is 3.77. The number of aromatic nitrogens is 1. The van der Waals surface area contributed by atoms with Gasteiger partial charge in [-0.15, -0.1) is 11.6 Å². The molecule has 0 aromatic carbocycles. The number of alkyl halides is 3. The number of nitrogens with zero attached hydrogens (tertiary/aromatic N) is 2. The van der Waals surface area contributed by atoms with E-state index in [0.29, 0.717) is 0 Å². The molecular weight excluding hydrogens is 277 g/mol. The van der Waals surface area contributed by atoms with Gasteiger partial charge >= 0.3 is 0 Å². The summed E-state index contributed by atoms with van der Waals surface area (Å²) in [6.07, 6.45) is -2.67. The van der Waals surface area contributed by atoms with Crippen molar-refractivity contribution < 1.29 is 8.78 Å². The van der Waals surface area contributed by atoms with E-state index in [9.17, 15) is 8.78 Å². The maximum Gasteiger partial charge on any atom is 0.265 e. The zero-order chi connectivity index (χ0) is 10.7. The molecule has 1 aromatic heterocycles. The lowest BCUT2D eigenvalue weighted by Crippen LogP contribution is -1.99. The van der Waals surface area contributed by atoms with Crippen molar-refractivity contribution in [3.8, 4) is 6.07 Å². The van der Waals surface area contributed by atoms with Crippen molar-refractivity contribution >= 4 is 27.5 Å². The Labute approximate surface area is 92.6 Å². The van der Waals surface area contributed by atoms with E-state index in [1.807, 2.05) is 0 Å². The predicted octanol–water partition coefficient (Wildman–Crippen LogP) is 3.39. The average Bonchev–Trinajstić information content (AvgIpc) is 2.16. The molecule has 14 heavy (non-hydrogen) atoms.